The third-order valence-corrected chi connectivity index (χ3v) is 4.58. The van der Waals surface area contributed by atoms with Crippen molar-refractivity contribution in [3.05, 3.63) is 67.6 Å². The van der Waals surface area contributed by atoms with Crippen LogP contribution in [0.25, 0.3) is 0 Å². The monoisotopic (exact) mass is 385 g/mol. The summed E-state index contributed by atoms with van der Waals surface area (Å²) in [6, 6.07) is 12.3. The number of likely N-dealkylation sites (N-methyl/N-ethyl adjacent to an activating group) is 1. The van der Waals surface area contributed by atoms with Crippen LogP contribution in [0.15, 0.2) is 40.9 Å². The summed E-state index contributed by atoms with van der Waals surface area (Å²) in [5, 5.41) is 5.10. The number of nitrogens with one attached hydrogen (secondary N) is 1. The molecule has 0 fully saturated rings. The van der Waals surface area contributed by atoms with E-state index in [1.54, 1.807) is 0 Å². The quantitative estimate of drug-likeness (QED) is 0.668. The minimum atomic E-state index is 0.228. The fourth-order valence-electron chi connectivity index (χ4n) is 2.48. The molecule has 1 nitrogen and oxygen atoms in total. The average Bonchev–Trinajstić information content (AvgIpc) is 2.41. The van der Waals surface area contributed by atoms with Gasteiger partial charge >= 0.3 is 0 Å². The van der Waals surface area contributed by atoms with Crippen molar-refractivity contribution in [1.29, 1.82) is 0 Å². The Morgan fingerprint density at radius 2 is 1.90 bits per heavy atom. The number of benzene rings is 2. The first-order chi connectivity index (χ1) is 10.0. The van der Waals surface area contributed by atoms with Gasteiger partial charge in [0.15, 0.2) is 0 Å². The number of hydrogen-bond acceptors (Lipinski definition) is 1. The maximum atomic E-state index is 6.35. The highest BCUT2D eigenvalue weighted by Gasteiger charge is 2.15. The molecule has 0 saturated carbocycles. The van der Waals surface area contributed by atoms with Crippen LogP contribution >= 0.6 is 39.1 Å². The van der Waals surface area contributed by atoms with Gasteiger partial charge in [-0.15, -0.1) is 0 Å². The smallest absolute Gasteiger partial charge is 0.0449 e. The largest absolute Gasteiger partial charge is 0.310 e. The molecule has 112 valence electrons. The Bertz CT molecular complexity index is 628. The molecule has 1 N–H and O–H groups in total. The van der Waals surface area contributed by atoms with Crippen molar-refractivity contribution < 1.29 is 0 Å². The summed E-state index contributed by atoms with van der Waals surface area (Å²) >= 11 is 15.8. The summed E-state index contributed by atoms with van der Waals surface area (Å²) < 4.78 is 0.999. The predicted octanol–water partition coefficient (Wildman–Crippen LogP) is 5.96. The maximum absolute atomic E-state index is 6.35. The fraction of sp³-hybridized carbons (Fsp3) is 0.294. The zero-order valence-electron chi connectivity index (χ0n) is 12.1. The molecule has 0 saturated heterocycles. The van der Waals surface area contributed by atoms with Gasteiger partial charge in [-0.25, -0.2) is 0 Å². The zero-order valence-corrected chi connectivity index (χ0v) is 15.2. The van der Waals surface area contributed by atoms with Crippen LogP contribution in [-0.4, -0.2) is 6.54 Å². The molecule has 0 heterocycles. The summed E-state index contributed by atoms with van der Waals surface area (Å²) in [4.78, 5) is 0. The van der Waals surface area contributed by atoms with Crippen LogP contribution in [0.3, 0.4) is 0 Å². The van der Waals surface area contributed by atoms with Gasteiger partial charge in [0.05, 0.1) is 0 Å². The molecule has 0 bridgehead atoms. The third kappa shape index (κ3) is 4.46. The van der Waals surface area contributed by atoms with Gasteiger partial charge in [-0.3, -0.25) is 0 Å². The van der Waals surface area contributed by atoms with Gasteiger partial charge in [-0.2, -0.15) is 0 Å². The Balaban J connectivity index is 2.30. The van der Waals surface area contributed by atoms with Gasteiger partial charge in [0.1, 0.15) is 0 Å². The van der Waals surface area contributed by atoms with Crippen molar-refractivity contribution in [2.75, 3.05) is 6.54 Å². The van der Waals surface area contributed by atoms with E-state index in [-0.39, 0.29) is 6.04 Å². The molecule has 2 aromatic rings. The number of hydrogen-bond donors (Lipinski definition) is 1. The second kappa shape index (κ2) is 7.64. The molecule has 0 aliphatic rings. The van der Waals surface area contributed by atoms with Crippen LogP contribution in [0.5, 0.6) is 0 Å². The first-order valence-corrected chi connectivity index (χ1v) is 8.49. The van der Waals surface area contributed by atoms with Crippen LogP contribution in [0.2, 0.25) is 10.0 Å². The second-order valence-corrected chi connectivity index (χ2v) is 6.81. The highest BCUT2D eigenvalue weighted by atomic mass is 79.9. The fourth-order valence-corrected chi connectivity index (χ4v) is 3.45. The van der Waals surface area contributed by atoms with Crippen LogP contribution in [0.4, 0.5) is 0 Å². The van der Waals surface area contributed by atoms with Crippen molar-refractivity contribution in [2.45, 2.75) is 26.3 Å². The van der Waals surface area contributed by atoms with Crippen molar-refractivity contribution in [1.82, 2.24) is 5.32 Å². The van der Waals surface area contributed by atoms with Gasteiger partial charge in [-0.05, 0) is 60.8 Å². The van der Waals surface area contributed by atoms with E-state index in [2.05, 4.69) is 47.2 Å². The number of halogens is 3. The lowest BCUT2D eigenvalue weighted by molar-refractivity contribution is 0.547. The molecule has 0 aliphatic heterocycles. The number of aryl methyl sites for hydroxylation is 1. The summed E-state index contributed by atoms with van der Waals surface area (Å²) in [6.45, 7) is 5.11. The Morgan fingerprint density at radius 3 is 2.52 bits per heavy atom. The molecule has 0 spiro atoms. The third-order valence-electron chi connectivity index (χ3n) is 3.50. The molecular weight excluding hydrogens is 369 g/mol. The molecule has 2 aromatic carbocycles. The maximum Gasteiger partial charge on any atom is 0.0449 e. The molecule has 1 atom stereocenters. The molecule has 21 heavy (non-hydrogen) atoms. The van der Waals surface area contributed by atoms with E-state index in [1.165, 1.54) is 11.1 Å². The highest BCUT2D eigenvalue weighted by molar-refractivity contribution is 9.10. The van der Waals surface area contributed by atoms with Gasteiger partial charge < -0.3 is 5.32 Å². The van der Waals surface area contributed by atoms with Gasteiger partial charge in [-0.1, -0.05) is 58.2 Å². The SMILES string of the molecule is CCNC(Cc1ccc(Br)cc1Cl)c1ccc(Cl)cc1C. The summed E-state index contributed by atoms with van der Waals surface area (Å²) in [7, 11) is 0. The van der Waals surface area contributed by atoms with Crippen LogP contribution < -0.4 is 5.32 Å². The molecule has 0 amide bonds. The lowest BCUT2D eigenvalue weighted by Gasteiger charge is -2.21. The van der Waals surface area contributed by atoms with E-state index in [9.17, 15) is 0 Å². The minimum Gasteiger partial charge on any atom is -0.310 e. The lowest BCUT2D eigenvalue weighted by Crippen LogP contribution is -2.23. The van der Waals surface area contributed by atoms with Gasteiger partial charge in [0.2, 0.25) is 0 Å². The summed E-state index contributed by atoms with van der Waals surface area (Å²) in [6.07, 6.45) is 0.850. The van der Waals surface area contributed by atoms with Crippen molar-refractivity contribution in [2.24, 2.45) is 0 Å². The predicted molar refractivity (Wildman–Crippen MR) is 95.5 cm³/mol. The molecule has 0 aromatic heterocycles. The van der Waals surface area contributed by atoms with E-state index < -0.39 is 0 Å². The van der Waals surface area contributed by atoms with Crippen LogP contribution in [-0.2, 0) is 6.42 Å². The van der Waals surface area contributed by atoms with Crippen LogP contribution in [0, 0.1) is 6.92 Å². The molecule has 0 aliphatic carbocycles. The van der Waals surface area contributed by atoms with E-state index in [0.29, 0.717) is 0 Å². The Hall–Kier alpha value is -0.540. The average molecular weight is 387 g/mol. The van der Waals surface area contributed by atoms with E-state index in [1.807, 2.05) is 24.3 Å². The normalized spacial score (nSPS) is 12.4. The molecule has 4 heteroatoms. The molecule has 2 rings (SSSR count). The van der Waals surface area contributed by atoms with Crippen molar-refractivity contribution in [3.63, 3.8) is 0 Å². The van der Waals surface area contributed by atoms with Gasteiger partial charge in [0, 0.05) is 20.6 Å². The summed E-state index contributed by atoms with van der Waals surface area (Å²) in [5.41, 5.74) is 3.60. The van der Waals surface area contributed by atoms with Crippen molar-refractivity contribution >= 4 is 39.1 Å². The highest BCUT2D eigenvalue weighted by Crippen LogP contribution is 2.28. The Morgan fingerprint density at radius 1 is 1.14 bits per heavy atom. The minimum absolute atomic E-state index is 0.228. The molecule has 0 radical (unpaired) electrons. The molecular formula is C17H18BrCl2N. The Labute approximate surface area is 144 Å². The second-order valence-electron chi connectivity index (χ2n) is 5.05. The van der Waals surface area contributed by atoms with E-state index in [0.717, 1.165) is 33.0 Å². The topological polar surface area (TPSA) is 12.0 Å². The van der Waals surface area contributed by atoms with Crippen LogP contribution in [0.1, 0.15) is 29.7 Å². The van der Waals surface area contributed by atoms with Gasteiger partial charge in [0.25, 0.3) is 0 Å². The van der Waals surface area contributed by atoms with E-state index in [4.69, 9.17) is 23.2 Å². The van der Waals surface area contributed by atoms with E-state index >= 15 is 0 Å². The van der Waals surface area contributed by atoms with Crippen molar-refractivity contribution in [3.8, 4) is 0 Å². The zero-order chi connectivity index (χ0) is 15.4. The molecule has 1 unspecified atom stereocenters. The summed E-state index contributed by atoms with van der Waals surface area (Å²) in [5.74, 6) is 0. The number of rotatable bonds is 5. The first-order valence-electron chi connectivity index (χ1n) is 6.94. The standard InChI is InChI=1S/C17H18BrCl2N/c1-3-21-17(15-7-6-14(19)8-11(15)2)9-12-4-5-13(18)10-16(12)20/h4-8,10,17,21H,3,9H2,1-2H3. The first kappa shape index (κ1) is 16.8. The Kier molecular flexibility index (Phi) is 6.12. The lowest BCUT2D eigenvalue weighted by atomic mass is 9.95.